The molecule has 0 radical (unpaired) electrons. The monoisotopic (exact) mass is 404 g/mol. The quantitative estimate of drug-likeness (QED) is 0.724. The zero-order valence-electron chi connectivity index (χ0n) is 13.5. The highest BCUT2D eigenvalue weighted by atomic mass is 79.9. The van der Waals surface area contributed by atoms with E-state index in [9.17, 15) is 14.4 Å². The van der Waals surface area contributed by atoms with Gasteiger partial charge in [-0.15, -0.1) is 0 Å². The SMILES string of the molecule is CCOC(=O)c1cccc(NC(=O)CNC(=O)c2ccc(Br)cc2)c1. The van der Waals surface area contributed by atoms with E-state index >= 15 is 0 Å². The van der Waals surface area contributed by atoms with Gasteiger partial charge in [0.25, 0.3) is 5.91 Å². The number of rotatable bonds is 6. The van der Waals surface area contributed by atoms with Gasteiger partial charge in [0.15, 0.2) is 0 Å². The maximum Gasteiger partial charge on any atom is 0.338 e. The van der Waals surface area contributed by atoms with Crippen molar-refractivity contribution < 1.29 is 19.1 Å². The van der Waals surface area contributed by atoms with E-state index in [2.05, 4.69) is 26.6 Å². The molecule has 0 bridgehead atoms. The van der Waals surface area contributed by atoms with Crippen molar-refractivity contribution in [3.05, 3.63) is 64.1 Å². The second kappa shape index (κ2) is 8.98. The Hall–Kier alpha value is -2.67. The standard InChI is InChI=1S/C18H17BrN2O4/c1-2-25-18(24)13-4-3-5-15(10-13)21-16(22)11-20-17(23)12-6-8-14(19)9-7-12/h3-10H,2,11H2,1H3,(H,20,23)(H,21,22). The predicted octanol–water partition coefficient (Wildman–Crippen LogP) is 2.99. The Bertz CT molecular complexity index is 775. The van der Waals surface area contributed by atoms with Gasteiger partial charge >= 0.3 is 5.97 Å². The number of hydrogen-bond acceptors (Lipinski definition) is 4. The molecule has 7 heteroatoms. The van der Waals surface area contributed by atoms with E-state index in [1.807, 2.05) is 0 Å². The smallest absolute Gasteiger partial charge is 0.338 e. The molecule has 0 aliphatic rings. The van der Waals surface area contributed by atoms with Crippen molar-refractivity contribution in [2.75, 3.05) is 18.5 Å². The number of nitrogens with one attached hydrogen (secondary N) is 2. The molecular weight excluding hydrogens is 388 g/mol. The minimum Gasteiger partial charge on any atom is -0.462 e. The van der Waals surface area contributed by atoms with Gasteiger partial charge in [0.1, 0.15) is 0 Å². The van der Waals surface area contributed by atoms with Gasteiger partial charge in [-0.3, -0.25) is 9.59 Å². The topological polar surface area (TPSA) is 84.5 Å². The van der Waals surface area contributed by atoms with E-state index in [0.29, 0.717) is 16.8 Å². The second-order valence-electron chi connectivity index (χ2n) is 5.04. The lowest BCUT2D eigenvalue weighted by Gasteiger charge is -2.08. The lowest BCUT2D eigenvalue weighted by atomic mass is 10.2. The third kappa shape index (κ3) is 5.72. The summed E-state index contributed by atoms with van der Waals surface area (Å²) in [5.74, 6) is -1.20. The molecule has 0 fully saturated rings. The summed E-state index contributed by atoms with van der Waals surface area (Å²) in [6, 6.07) is 13.2. The maximum atomic E-state index is 12.0. The highest BCUT2D eigenvalue weighted by molar-refractivity contribution is 9.10. The molecule has 130 valence electrons. The minimum atomic E-state index is -0.456. The molecule has 0 aromatic heterocycles. The summed E-state index contributed by atoms with van der Waals surface area (Å²) in [6.07, 6.45) is 0. The van der Waals surface area contributed by atoms with E-state index in [1.54, 1.807) is 49.4 Å². The van der Waals surface area contributed by atoms with Crippen LogP contribution in [0.3, 0.4) is 0 Å². The van der Waals surface area contributed by atoms with Crippen LogP contribution in [0.5, 0.6) is 0 Å². The molecule has 2 aromatic rings. The van der Waals surface area contributed by atoms with Gasteiger partial charge in [0.2, 0.25) is 5.91 Å². The van der Waals surface area contributed by atoms with Gasteiger partial charge in [-0.2, -0.15) is 0 Å². The van der Waals surface area contributed by atoms with Crippen molar-refractivity contribution in [2.45, 2.75) is 6.92 Å². The van der Waals surface area contributed by atoms with E-state index in [0.717, 1.165) is 4.47 Å². The number of anilines is 1. The highest BCUT2D eigenvalue weighted by Gasteiger charge is 2.10. The van der Waals surface area contributed by atoms with Gasteiger partial charge in [-0.25, -0.2) is 4.79 Å². The number of carbonyl (C=O) groups is 3. The Balaban J connectivity index is 1.90. The fraction of sp³-hybridized carbons (Fsp3) is 0.167. The molecule has 0 saturated carbocycles. The van der Waals surface area contributed by atoms with E-state index in [-0.39, 0.29) is 19.1 Å². The van der Waals surface area contributed by atoms with Gasteiger partial charge < -0.3 is 15.4 Å². The molecule has 2 aromatic carbocycles. The van der Waals surface area contributed by atoms with E-state index in [4.69, 9.17) is 4.74 Å². The van der Waals surface area contributed by atoms with Crippen molar-refractivity contribution in [1.82, 2.24) is 5.32 Å². The lowest BCUT2D eigenvalue weighted by Crippen LogP contribution is -2.32. The fourth-order valence-corrected chi connectivity index (χ4v) is 2.27. The van der Waals surface area contributed by atoms with Gasteiger partial charge in [-0.1, -0.05) is 22.0 Å². The first kappa shape index (κ1) is 18.7. The molecule has 2 N–H and O–H groups in total. The van der Waals surface area contributed by atoms with Crippen molar-refractivity contribution in [2.24, 2.45) is 0 Å². The lowest BCUT2D eigenvalue weighted by molar-refractivity contribution is -0.115. The van der Waals surface area contributed by atoms with Crippen LogP contribution in [0.2, 0.25) is 0 Å². The summed E-state index contributed by atoms with van der Waals surface area (Å²) in [4.78, 5) is 35.6. The van der Waals surface area contributed by atoms with Crippen molar-refractivity contribution >= 4 is 39.4 Å². The molecular formula is C18H17BrN2O4. The number of carbonyl (C=O) groups excluding carboxylic acids is 3. The van der Waals surface area contributed by atoms with Crippen LogP contribution >= 0.6 is 15.9 Å². The molecule has 0 aliphatic heterocycles. The second-order valence-corrected chi connectivity index (χ2v) is 5.95. The molecule has 6 nitrogen and oxygen atoms in total. The summed E-state index contributed by atoms with van der Waals surface area (Å²) >= 11 is 3.29. The average molecular weight is 405 g/mol. The summed E-state index contributed by atoms with van der Waals surface area (Å²) in [5, 5.41) is 5.16. The zero-order chi connectivity index (χ0) is 18.2. The van der Waals surface area contributed by atoms with Crippen molar-refractivity contribution in [1.29, 1.82) is 0 Å². The predicted molar refractivity (Wildman–Crippen MR) is 97.5 cm³/mol. The molecule has 0 aliphatic carbocycles. The molecule has 0 unspecified atom stereocenters. The normalized spacial score (nSPS) is 10.0. The van der Waals surface area contributed by atoms with Crippen LogP contribution in [0.25, 0.3) is 0 Å². The Kier molecular flexibility index (Phi) is 6.71. The first-order valence-corrected chi connectivity index (χ1v) is 8.39. The number of esters is 1. The third-order valence-electron chi connectivity index (χ3n) is 3.17. The molecule has 0 spiro atoms. The number of amides is 2. The van der Waals surface area contributed by atoms with Crippen LogP contribution in [-0.2, 0) is 9.53 Å². The highest BCUT2D eigenvalue weighted by Crippen LogP contribution is 2.12. The fourth-order valence-electron chi connectivity index (χ4n) is 2.01. The zero-order valence-corrected chi connectivity index (χ0v) is 15.1. The number of halogens is 1. The minimum absolute atomic E-state index is 0.182. The molecule has 0 atom stereocenters. The molecule has 2 amide bonds. The number of ether oxygens (including phenoxy) is 1. The van der Waals surface area contributed by atoms with Gasteiger partial charge in [-0.05, 0) is 49.4 Å². The Morgan fingerprint density at radius 1 is 1.04 bits per heavy atom. The van der Waals surface area contributed by atoms with Crippen LogP contribution in [0, 0.1) is 0 Å². The van der Waals surface area contributed by atoms with Crippen LogP contribution in [-0.4, -0.2) is 30.9 Å². The van der Waals surface area contributed by atoms with Crippen LogP contribution in [0.4, 0.5) is 5.69 Å². The number of hydrogen-bond donors (Lipinski definition) is 2. The first-order valence-electron chi connectivity index (χ1n) is 7.60. The summed E-state index contributed by atoms with van der Waals surface area (Å²) in [7, 11) is 0. The van der Waals surface area contributed by atoms with Gasteiger partial charge in [0, 0.05) is 15.7 Å². The Labute approximate surface area is 153 Å². The largest absolute Gasteiger partial charge is 0.462 e. The summed E-state index contributed by atoms with van der Waals surface area (Å²) in [6.45, 7) is 1.81. The van der Waals surface area contributed by atoms with Crippen LogP contribution in [0.15, 0.2) is 53.0 Å². The molecule has 25 heavy (non-hydrogen) atoms. The van der Waals surface area contributed by atoms with Crippen molar-refractivity contribution in [3.8, 4) is 0 Å². The van der Waals surface area contributed by atoms with Crippen LogP contribution in [0.1, 0.15) is 27.6 Å². The van der Waals surface area contributed by atoms with Crippen molar-refractivity contribution in [3.63, 3.8) is 0 Å². The summed E-state index contributed by atoms with van der Waals surface area (Å²) < 4.78 is 5.78. The molecule has 2 rings (SSSR count). The molecule has 0 saturated heterocycles. The summed E-state index contributed by atoms with van der Waals surface area (Å²) in [5.41, 5.74) is 1.26. The Morgan fingerprint density at radius 3 is 2.44 bits per heavy atom. The number of benzene rings is 2. The van der Waals surface area contributed by atoms with E-state index in [1.165, 1.54) is 6.07 Å². The maximum absolute atomic E-state index is 12.0. The van der Waals surface area contributed by atoms with Crippen LogP contribution < -0.4 is 10.6 Å². The first-order chi connectivity index (χ1) is 12.0. The van der Waals surface area contributed by atoms with E-state index < -0.39 is 11.9 Å². The van der Waals surface area contributed by atoms with Gasteiger partial charge in [0.05, 0.1) is 18.7 Å². The molecule has 0 heterocycles. The Morgan fingerprint density at radius 2 is 1.76 bits per heavy atom. The third-order valence-corrected chi connectivity index (χ3v) is 3.70. The average Bonchev–Trinajstić information content (AvgIpc) is 2.61.